The number of nitrogens with one attached hydrogen (secondary N) is 2. The van der Waals surface area contributed by atoms with Crippen molar-refractivity contribution in [3.05, 3.63) is 59.7 Å². The molecule has 0 heterocycles. The average Bonchev–Trinajstić information content (AvgIpc) is 2.98. The minimum Gasteiger partial charge on any atom is -0.445 e. The van der Waals surface area contributed by atoms with Gasteiger partial charge in [-0.3, -0.25) is 9.59 Å². The molecule has 0 saturated carbocycles. The molecule has 4 amide bonds. The third-order valence-corrected chi connectivity index (χ3v) is 4.69. The maximum absolute atomic E-state index is 11.5. The lowest BCUT2D eigenvalue weighted by Crippen LogP contribution is -2.47. The van der Waals surface area contributed by atoms with E-state index < -0.39 is 30.0 Å². The maximum Gasteiger partial charge on any atom is 0.408 e. The van der Waals surface area contributed by atoms with E-state index in [-0.39, 0.29) is 25.7 Å². The Labute approximate surface area is 261 Å². The zero-order valence-corrected chi connectivity index (χ0v) is 28.3. The number of primary amides is 2. The van der Waals surface area contributed by atoms with Crippen molar-refractivity contribution in [2.24, 2.45) is 17.4 Å². The molecule has 1 unspecified atom stereocenters. The van der Waals surface area contributed by atoms with Gasteiger partial charge in [-0.25, -0.2) is 9.59 Å². The Morgan fingerprint density at radius 2 is 1.42 bits per heavy atom. The van der Waals surface area contributed by atoms with Crippen LogP contribution in [0.15, 0.2) is 54.1 Å². The van der Waals surface area contributed by atoms with Crippen LogP contribution in [0.1, 0.15) is 100 Å². The third-order valence-electron chi connectivity index (χ3n) is 4.69. The normalized spacial score (nSPS) is 10.5. The SMILES string of the molecule is C/C=C\C(=C/C)COC(=O)NCC(N)=O.CC.CC(C)C(NC(=O)OCc1ccccc1)C(N)=O.CCC.CCCCC. The molecule has 1 rings (SSSR count). The second-order valence-corrected chi connectivity index (χ2v) is 9.15. The highest BCUT2D eigenvalue weighted by Gasteiger charge is 2.22. The molecule has 0 radical (unpaired) electrons. The van der Waals surface area contributed by atoms with Crippen LogP contribution in [0.5, 0.6) is 0 Å². The van der Waals surface area contributed by atoms with E-state index in [4.69, 9.17) is 20.9 Å². The number of carbonyl (C=O) groups excluding carboxylic acids is 4. The van der Waals surface area contributed by atoms with Crippen LogP contribution in [-0.4, -0.2) is 43.2 Å². The zero-order valence-electron chi connectivity index (χ0n) is 28.3. The van der Waals surface area contributed by atoms with Crippen LogP contribution in [0.2, 0.25) is 0 Å². The van der Waals surface area contributed by atoms with E-state index >= 15 is 0 Å². The van der Waals surface area contributed by atoms with Crippen molar-refractivity contribution in [3.63, 3.8) is 0 Å². The van der Waals surface area contributed by atoms with E-state index in [1.807, 2.05) is 76.3 Å². The number of hydrogen-bond acceptors (Lipinski definition) is 6. The molecule has 0 aliphatic rings. The van der Waals surface area contributed by atoms with E-state index in [1.54, 1.807) is 13.8 Å². The van der Waals surface area contributed by atoms with E-state index in [9.17, 15) is 19.2 Å². The van der Waals surface area contributed by atoms with Crippen molar-refractivity contribution in [2.45, 2.75) is 108 Å². The van der Waals surface area contributed by atoms with Crippen LogP contribution >= 0.6 is 0 Å². The van der Waals surface area contributed by atoms with Crippen LogP contribution < -0.4 is 22.1 Å². The molecule has 1 atom stereocenters. The fourth-order valence-electron chi connectivity index (χ4n) is 2.61. The number of nitrogens with two attached hydrogens (primary N) is 2. The van der Waals surface area contributed by atoms with E-state index in [1.165, 1.54) is 25.7 Å². The molecule has 0 bridgehead atoms. The molecule has 10 nitrogen and oxygen atoms in total. The van der Waals surface area contributed by atoms with Gasteiger partial charge in [-0.15, -0.1) is 0 Å². The number of carbonyl (C=O) groups is 4. The van der Waals surface area contributed by atoms with Crippen LogP contribution in [0, 0.1) is 5.92 Å². The smallest absolute Gasteiger partial charge is 0.408 e. The number of ether oxygens (including phenoxy) is 2. The van der Waals surface area contributed by atoms with Crippen LogP contribution in [0.4, 0.5) is 9.59 Å². The Balaban J connectivity index is -0.000000273. The fraction of sp³-hybridized carbons (Fsp3) is 0.576. The minimum absolute atomic E-state index is 0.0771. The summed E-state index contributed by atoms with van der Waals surface area (Å²) >= 11 is 0. The molecular weight excluding hydrogens is 548 g/mol. The van der Waals surface area contributed by atoms with Crippen LogP contribution in [-0.2, 0) is 25.7 Å². The quantitative estimate of drug-likeness (QED) is 0.191. The lowest BCUT2D eigenvalue weighted by molar-refractivity contribution is -0.121. The molecule has 0 aromatic heterocycles. The van der Waals surface area contributed by atoms with Crippen molar-refractivity contribution < 1.29 is 28.7 Å². The third kappa shape index (κ3) is 34.3. The Hall–Kier alpha value is -3.82. The lowest BCUT2D eigenvalue weighted by atomic mass is 10.0. The Kier molecular flexibility index (Phi) is 36.9. The summed E-state index contributed by atoms with van der Waals surface area (Å²) in [5.41, 5.74) is 11.8. The van der Waals surface area contributed by atoms with E-state index in [0.717, 1.165) is 11.1 Å². The summed E-state index contributed by atoms with van der Waals surface area (Å²) in [4.78, 5) is 43.9. The summed E-state index contributed by atoms with van der Waals surface area (Å²) in [6.45, 7) is 20.1. The molecule has 1 aromatic carbocycles. The fourth-order valence-corrected chi connectivity index (χ4v) is 2.61. The van der Waals surface area contributed by atoms with Gasteiger partial charge < -0.3 is 31.6 Å². The predicted molar refractivity (Wildman–Crippen MR) is 177 cm³/mol. The van der Waals surface area contributed by atoms with Gasteiger partial charge in [0.1, 0.15) is 19.3 Å². The first kappa shape index (κ1) is 46.1. The van der Waals surface area contributed by atoms with Gasteiger partial charge in [0.25, 0.3) is 0 Å². The number of unbranched alkanes of at least 4 members (excludes halogenated alkanes) is 2. The molecular formula is C33H60N4O6. The van der Waals surface area contributed by atoms with Crippen LogP contribution in [0.3, 0.4) is 0 Å². The molecule has 0 aliphatic heterocycles. The van der Waals surface area contributed by atoms with Gasteiger partial charge in [-0.05, 0) is 30.9 Å². The zero-order chi connectivity index (χ0) is 34.1. The summed E-state index contributed by atoms with van der Waals surface area (Å²) in [5, 5.41) is 4.67. The molecule has 43 heavy (non-hydrogen) atoms. The van der Waals surface area contributed by atoms with E-state index in [0.29, 0.717) is 0 Å². The highest BCUT2D eigenvalue weighted by Crippen LogP contribution is 2.04. The van der Waals surface area contributed by atoms with Crippen molar-refractivity contribution in [1.82, 2.24) is 10.6 Å². The Morgan fingerprint density at radius 1 is 0.884 bits per heavy atom. The van der Waals surface area contributed by atoms with Gasteiger partial charge in [0.2, 0.25) is 11.8 Å². The second kappa shape index (κ2) is 34.4. The van der Waals surface area contributed by atoms with E-state index in [2.05, 4.69) is 38.3 Å². The van der Waals surface area contributed by atoms with Gasteiger partial charge in [-0.2, -0.15) is 0 Å². The molecule has 1 aromatic rings. The number of benzene rings is 1. The summed E-state index contributed by atoms with van der Waals surface area (Å²) < 4.78 is 9.82. The van der Waals surface area contributed by atoms with Crippen molar-refractivity contribution in [1.29, 1.82) is 0 Å². The van der Waals surface area contributed by atoms with Crippen molar-refractivity contribution in [3.8, 4) is 0 Å². The summed E-state index contributed by atoms with van der Waals surface area (Å²) in [5.74, 6) is -1.25. The monoisotopic (exact) mass is 608 g/mol. The van der Waals surface area contributed by atoms with Gasteiger partial charge in [0, 0.05) is 0 Å². The molecule has 0 fully saturated rings. The molecule has 0 saturated heterocycles. The lowest BCUT2D eigenvalue weighted by Gasteiger charge is -2.18. The second-order valence-electron chi connectivity index (χ2n) is 9.15. The predicted octanol–water partition coefficient (Wildman–Crippen LogP) is 6.78. The topological polar surface area (TPSA) is 163 Å². The standard InChI is InChI=1S/C13H18N2O3.C10H16N2O3.C5H12.C3H8.C2H6/c1-9(2)11(12(14)16)15-13(17)18-8-10-6-4-3-5-7-10;1-3-5-8(4-2)7-15-10(14)12-6-9(11)13;1-3-5-4-2;1-3-2;1-2/h3-7,9,11H,8H2,1-2H3,(H2,14,16)(H,15,17);3-5H,6-7H2,1-2H3,(H2,11,13)(H,12,14);3-5H2,1-2H3;3H2,1-2H3;1-2H3/b;5-3-,8-4+;;;. The first-order valence-electron chi connectivity index (χ1n) is 15.2. The minimum atomic E-state index is -0.715. The number of allylic oxidation sites excluding steroid dienone is 2. The molecule has 10 heteroatoms. The van der Waals surface area contributed by atoms with Gasteiger partial charge >= 0.3 is 12.2 Å². The maximum atomic E-state index is 11.5. The summed E-state index contributed by atoms with van der Waals surface area (Å²) in [6, 6.07) is 8.58. The summed E-state index contributed by atoms with van der Waals surface area (Å²) in [7, 11) is 0. The van der Waals surface area contributed by atoms with Crippen LogP contribution in [0.25, 0.3) is 0 Å². The molecule has 0 aliphatic carbocycles. The molecule has 0 spiro atoms. The van der Waals surface area contributed by atoms with Crippen molar-refractivity contribution in [2.75, 3.05) is 13.2 Å². The number of hydrogen-bond donors (Lipinski definition) is 4. The number of alkyl carbamates (subject to hydrolysis) is 2. The largest absolute Gasteiger partial charge is 0.445 e. The Bertz CT molecular complexity index is 885. The van der Waals surface area contributed by atoms with Crippen molar-refractivity contribution >= 4 is 24.0 Å². The first-order valence-corrected chi connectivity index (χ1v) is 15.2. The van der Waals surface area contributed by atoms with Gasteiger partial charge in [0.05, 0.1) is 6.54 Å². The highest BCUT2D eigenvalue weighted by molar-refractivity contribution is 5.84. The molecule has 248 valence electrons. The van der Waals surface area contributed by atoms with Gasteiger partial charge in [-0.1, -0.05) is 130 Å². The molecule has 6 N–H and O–H groups in total. The average molecular weight is 609 g/mol. The first-order chi connectivity index (χ1) is 20.4. The number of amides is 4. The summed E-state index contributed by atoms with van der Waals surface area (Å²) in [6.07, 6.45) is 9.55. The van der Waals surface area contributed by atoms with Gasteiger partial charge in [0.15, 0.2) is 0 Å². The Morgan fingerprint density at radius 3 is 1.79 bits per heavy atom. The number of rotatable bonds is 12. The highest BCUT2D eigenvalue weighted by atomic mass is 16.6.